The van der Waals surface area contributed by atoms with Crippen molar-refractivity contribution in [1.29, 1.82) is 0 Å². The summed E-state index contributed by atoms with van der Waals surface area (Å²) in [5, 5.41) is -24.3. The molecule has 0 aliphatic rings. The van der Waals surface area contributed by atoms with Crippen LogP contribution in [0.1, 0.15) is 0 Å². The number of halogens is 21. The van der Waals surface area contributed by atoms with Gasteiger partial charge in [-0.3, -0.25) is 0 Å². The third-order valence-corrected chi connectivity index (χ3v) is 11.3. The first-order chi connectivity index (χ1) is 18.0. The number of rotatable bonds is 12. The molecule has 0 saturated carbocycles. The van der Waals surface area contributed by atoms with E-state index in [1.54, 1.807) is 0 Å². The van der Waals surface area contributed by atoms with E-state index in [0.29, 0.717) is 0 Å². The quantitative estimate of drug-likeness (QED) is 0.210. The minimum atomic E-state index is -8.79. The van der Waals surface area contributed by atoms with Crippen molar-refractivity contribution in [2.45, 2.75) is 52.1 Å². The van der Waals surface area contributed by atoms with Gasteiger partial charge in [-0.2, -0.15) is 117 Å². The zero-order valence-electron chi connectivity index (χ0n) is 17.9. The highest BCUT2D eigenvalue weighted by atomic mass is 32.2. The molecule has 0 heterocycles. The molecule has 9 nitrogen and oxygen atoms in total. The van der Waals surface area contributed by atoms with Crippen LogP contribution in [-0.4, -0.2) is 92.5 Å². The summed E-state index contributed by atoms with van der Waals surface area (Å²) < 4.78 is 342. The molecule has 0 aliphatic heterocycles. The predicted octanol–water partition coefficient (Wildman–Crippen LogP) is 4.38. The Labute approximate surface area is 225 Å². The summed E-state index contributed by atoms with van der Waals surface area (Å²) >= 11 is -8.09. The van der Waals surface area contributed by atoms with E-state index in [9.17, 15) is 117 Å². The average Bonchev–Trinajstić information content (AvgIpc) is 2.69. The lowest BCUT2D eigenvalue weighted by Gasteiger charge is -2.30. The fourth-order valence-corrected chi connectivity index (χ4v) is 7.98. The Hall–Kier alpha value is -1.21. The molecule has 0 unspecified atom stereocenters. The second kappa shape index (κ2) is 11.0. The van der Waals surface area contributed by atoms with Crippen LogP contribution in [0.4, 0.5) is 92.2 Å². The summed E-state index contributed by atoms with van der Waals surface area (Å²) in [4.78, 5) is 0. The van der Waals surface area contributed by atoms with Gasteiger partial charge in [0.2, 0.25) is 0 Å². The molecule has 0 N–H and O–H groups in total. The molecule has 0 spiro atoms. The van der Waals surface area contributed by atoms with Gasteiger partial charge in [-0.15, -0.1) is 0 Å². The van der Waals surface area contributed by atoms with E-state index < -0.39 is 97.6 Å². The van der Waals surface area contributed by atoms with Gasteiger partial charge in [0.05, 0.1) is 0 Å². The summed E-state index contributed by atoms with van der Waals surface area (Å²) in [6.07, 6.45) is -23.4. The Morgan fingerprint density at radius 3 is 0.581 bits per heavy atom. The van der Waals surface area contributed by atoms with E-state index >= 15 is 0 Å². The molecule has 258 valence electrons. The Balaban J connectivity index is 7.37. The van der Waals surface area contributed by atoms with Gasteiger partial charge in [0.15, 0.2) is 0 Å². The van der Waals surface area contributed by atoms with Crippen LogP contribution in [-0.2, 0) is 40.1 Å². The van der Waals surface area contributed by atoms with Crippen LogP contribution in [0.5, 0.6) is 0 Å². The lowest BCUT2D eigenvalue weighted by molar-refractivity contribution is -0.333. The first kappa shape index (κ1) is 41.8. The molecule has 0 aromatic carbocycles. The average molecular weight is 774 g/mol. The van der Waals surface area contributed by atoms with Crippen molar-refractivity contribution in [1.82, 2.24) is 0 Å². The minimum Gasteiger partial charge on any atom is -0.337 e. The van der Waals surface area contributed by atoms with Crippen molar-refractivity contribution in [3.8, 4) is 0 Å². The third-order valence-electron chi connectivity index (χ3n) is 3.72. The van der Waals surface area contributed by atoms with Crippen LogP contribution in [0.3, 0.4) is 0 Å². The molecule has 0 radical (unpaired) electrons. The first-order valence-corrected chi connectivity index (χ1v) is 13.9. The Bertz CT molecular complexity index is 1190. The Morgan fingerprint density at radius 1 is 0.326 bits per heavy atom. The molecular formula is C9AlF21O9S3. The highest BCUT2D eigenvalue weighted by molar-refractivity contribution is 7.91. The Morgan fingerprint density at radius 2 is 0.465 bits per heavy atom. The van der Waals surface area contributed by atoms with Crippen LogP contribution in [0.25, 0.3) is 0 Å². The highest BCUT2D eigenvalue weighted by Crippen LogP contribution is 2.53. The van der Waals surface area contributed by atoms with Gasteiger partial charge in [0.1, 0.15) is 0 Å². The van der Waals surface area contributed by atoms with Crippen LogP contribution in [0, 0.1) is 0 Å². The van der Waals surface area contributed by atoms with Gasteiger partial charge in [-0.05, 0) is 0 Å². The lowest BCUT2D eigenvalue weighted by Crippen LogP contribution is -2.60. The van der Waals surface area contributed by atoms with Gasteiger partial charge in [0, 0.05) is 0 Å². The molecule has 0 aromatic rings. The van der Waals surface area contributed by atoms with Crippen molar-refractivity contribution in [2.75, 3.05) is 0 Å². The second-order valence-corrected chi connectivity index (χ2v) is 13.9. The van der Waals surface area contributed by atoms with E-state index in [1.807, 2.05) is 0 Å². The Kier molecular flexibility index (Phi) is 10.6. The molecule has 0 bridgehead atoms. The van der Waals surface area contributed by atoms with Crippen molar-refractivity contribution in [3.63, 3.8) is 0 Å². The molecule has 0 amide bonds. The van der Waals surface area contributed by atoms with Gasteiger partial charge in [-0.1, -0.05) is 0 Å². The van der Waals surface area contributed by atoms with Crippen molar-refractivity contribution < 1.29 is 127 Å². The van der Waals surface area contributed by atoms with Crippen molar-refractivity contribution >= 4 is 45.5 Å². The van der Waals surface area contributed by atoms with Crippen molar-refractivity contribution in [3.05, 3.63) is 0 Å². The van der Waals surface area contributed by atoms with E-state index in [4.69, 9.17) is 0 Å². The molecule has 0 saturated heterocycles. The lowest BCUT2D eigenvalue weighted by atomic mass is 10.3. The fraction of sp³-hybridized carbons (Fsp3) is 1.00. The molecule has 0 aliphatic carbocycles. The van der Waals surface area contributed by atoms with Crippen LogP contribution >= 0.6 is 0 Å². The van der Waals surface area contributed by atoms with Gasteiger partial charge >= 0.3 is 97.6 Å². The maximum Gasteiger partial charge on any atom is 0.951 e. The molecule has 0 aromatic heterocycles. The largest absolute Gasteiger partial charge is 0.951 e. The number of hydrogen-bond donors (Lipinski definition) is 0. The molecular weight excluding hydrogens is 774 g/mol. The fourth-order valence-electron chi connectivity index (χ4n) is 1.51. The molecule has 0 fully saturated rings. The van der Waals surface area contributed by atoms with Gasteiger partial charge < -0.3 is 9.70 Å². The van der Waals surface area contributed by atoms with Crippen molar-refractivity contribution in [2.24, 2.45) is 0 Å². The van der Waals surface area contributed by atoms with Gasteiger partial charge in [-0.25, -0.2) is 0 Å². The second-order valence-electron chi connectivity index (χ2n) is 6.71. The van der Waals surface area contributed by atoms with Gasteiger partial charge in [0.25, 0.3) is 0 Å². The minimum absolute atomic E-state index is 2.10. The molecule has 0 rings (SSSR count). The summed E-state index contributed by atoms with van der Waals surface area (Å²) in [6.45, 7) is 0. The monoisotopic (exact) mass is 774 g/mol. The van der Waals surface area contributed by atoms with E-state index in [2.05, 4.69) is 9.70 Å². The normalized spacial score (nSPS) is 16.4. The number of hydrogen-bond acceptors (Lipinski definition) is 9. The van der Waals surface area contributed by atoms with Crippen LogP contribution < -0.4 is 0 Å². The summed E-state index contributed by atoms with van der Waals surface area (Å²) in [6, 6.07) is 0. The number of alkyl halides is 21. The van der Waals surface area contributed by atoms with E-state index in [0.717, 1.165) is 0 Å². The topological polar surface area (TPSA) is 130 Å². The van der Waals surface area contributed by atoms with Crippen LogP contribution in [0.15, 0.2) is 0 Å². The van der Waals surface area contributed by atoms with E-state index in [-0.39, 0.29) is 0 Å². The highest BCUT2D eigenvalue weighted by Gasteiger charge is 2.83. The first-order valence-electron chi connectivity index (χ1n) is 8.29. The zero-order valence-corrected chi connectivity index (χ0v) is 21.5. The standard InChI is InChI=1S/3C3HF7O3S.Al/c3*4-1(5,2(6,7)8)3(9,10)14(11,12)13;/h3*(H,11,12,13);/q;;;+3/p-3. The summed E-state index contributed by atoms with van der Waals surface area (Å²) in [5.74, 6) is -24.3. The summed E-state index contributed by atoms with van der Waals surface area (Å²) in [5.41, 5.74) is 0. The SMILES string of the molecule is O=S(=O)([O][Al]([O]S(=O)(=O)C(F)(F)C(F)(F)C(F)(F)F)[O]S(=O)(=O)C(F)(F)C(F)(F)C(F)(F)F)C(F)(F)C(F)(F)C(F)(F)F. The van der Waals surface area contributed by atoms with Crippen LogP contribution in [0.2, 0.25) is 0 Å². The molecule has 34 heteroatoms. The summed E-state index contributed by atoms with van der Waals surface area (Å²) in [7, 11) is -26.4. The smallest absolute Gasteiger partial charge is 0.337 e. The zero-order chi connectivity index (χ0) is 35.7. The maximum atomic E-state index is 13.5. The molecule has 0 atom stereocenters. The third kappa shape index (κ3) is 6.83. The predicted molar refractivity (Wildman–Crippen MR) is 83.6 cm³/mol. The van der Waals surface area contributed by atoms with E-state index in [1.165, 1.54) is 0 Å². The molecule has 43 heavy (non-hydrogen) atoms. The maximum absolute atomic E-state index is 13.5.